The molecule has 0 saturated heterocycles. The summed E-state index contributed by atoms with van der Waals surface area (Å²) in [6.07, 6.45) is 7.91. The molecule has 2 saturated carbocycles. The molecule has 1 aromatic carbocycles. The molecule has 0 spiro atoms. The standard InChI is InChI=1S/C18H26O2/c1-13-5-8-17(20-2)16(10-13)12-18(19)9-3-4-15(11-18)14-6-7-14/h5,8,10,14-15,19H,3-4,6-7,9,11-12H2,1-2H3. The first kappa shape index (κ1) is 13.9. The summed E-state index contributed by atoms with van der Waals surface area (Å²) in [6, 6.07) is 6.26. The highest BCUT2D eigenvalue weighted by molar-refractivity contribution is 5.38. The van der Waals surface area contributed by atoms with Crippen molar-refractivity contribution in [1.82, 2.24) is 0 Å². The average Bonchev–Trinajstić information content (AvgIpc) is 3.23. The molecule has 0 heterocycles. The molecule has 2 atom stereocenters. The number of hydrogen-bond donors (Lipinski definition) is 1. The van der Waals surface area contributed by atoms with E-state index in [-0.39, 0.29) is 0 Å². The van der Waals surface area contributed by atoms with Gasteiger partial charge in [-0.2, -0.15) is 0 Å². The third-order valence-electron chi connectivity index (χ3n) is 5.10. The van der Waals surface area contributed by atoms with Crippen molar-refractivity contribution in [3.8, 4) is 5.75 Å². The number of aryl methyl sites for hydroxylation is 1. The highest BCUT2D eigenvalue weighted by atomic mass is 16.5. The predicted octanol–water partition coefficient (Wildman–Crippen LogP) is 3.88. The van der Waals surface area contributed by atoms with E-state index in [1.807, 2.05) is 6.07 Å². The highest BCUT2D eigenvalue weighted by Crippen LogP contribution is 2.47. The maximum absolute atomic E-state index is 11.0. The van der Waals surface area contributed by atoms with Crippen LogP contribution in [0.5, 0.6) is 5.75 Å². The zero-order valence-electron chi connectivity index (χ0n) is 12.7. The third kappa shape index (κ3) is 3.01. The van der Waals surface area contributed by atoms with E-state index >= 15 is 0 Å². The van der Waals surface area contributed by atoms with Gasteiger partial charge in [0.2, 0.25) is 0 Å². The molecule has 1 N–H and O–H groups in total. The number of methoxy groups -OCH3 is 1. The van der Waals surface area contributed by atoms with Crippen molar-refractivity contribution < 1.29 is 9.84 Å². The van der Waals surface area contributed by atoms with E-state index in [1.165, 1.54) is 31.2 Å². The van der Waals surface area contributed by atoms with Crippen LogP contribution in [0.2, 0.25) is 0 Å². The molecular weight excluding hydrogens is 248 g/mol. The van der Waals surface area contributed by atoms with Gasteiger partial charge in [-0.25, -0.2) is 0 Å². The van der Waals surface area contributed by atoms with Gasteiger partial charge in [-0.3, -0.25) is 0 Å². The lowest BCUT2D eigenvalue weighted by Crippen LogP contribution is -2.38. The van der Waals surface area contributed by atoms with Crippen LogP contribution in [0.1, 0.15) is 49.7 Å². The number of aliphatic hydroxyl groups is 1. The van der Waals surface area contributed by atoms with Crippen LogP contribution in [-0.2, 0) is 6.42 Å². The van der Waals surface area contributed by atoms with Gasteiger partial charge in [0, 0.05) is 6.42 Å². The molecule has 0 aromatic heterocycles. The smallest absolute Gasteiger partial charge is 0.122 e. The lowest BCUT2D eigenvalue weighted by Gasteiger charge is -2.37. The monoisotopic (exact) mass is 274 g/mol. The normalized spacial score (nSPS) is 30.2. The second kappa shape index (κ2) is 5.40. The molecule has 2 aliphatic carbocycles. The van der Waals surface area contributed by atoms with E-state index in [2.05, 4.69) is 19.1 Å². The summed E-state index contributed by atoms with van der Waals surface area (Å²) in [4.78, 5) is 0. The molecule has 0 amide bonds. The molecule has 0 radical (unpaired) electrons. The predicted molar refractivity (Wildman–Crippen MR) is 81.1 cm³/mol. The van der Waals surface area contributed by atoms with Crippen LogP contribution in [0.3, 0.4) is 0 Å². The maximum atomic E-state index is 11.0. The largest absolute Gasteiger partial charge is 0.496 e. The molecular formula is C18H26O2. The molecule has 0 aliphatic heterocycles. The summed E-state index contributed by atoms with van der Waals surface area (Å²) in [5.74, 6) is 2.57. The molecule has 2 aliphatic rings. The van der Waals surface area contributed by atoms with Gasteiger partial charge >= 0.3 is 0 Å². The van der Waals surface area contributed by atoms with Crippen molar-refractivity contribution >= 4 is 0 Å². The van der Waals surface area contributed by atoms with Crippen LogP contribution in [0.25, 0.3) is 0 Å². The van der Waals surface area contributed by atoms with E-state index in [0.717, 1.165) is 42.4 Å². The van der Waals surface area contributed by atoms with Crippen molar-refractivity contribution in [2.24, 2.45) is 11.8 Å². The minimum absolute atomic E-state index is 0.521. The van der Waals surface area contributed by atoms with Crippen molar-refractivity contribution in [2.75, 3.05) is 7.11 Å². The molecule has 20 heavy (non-hydrogen) atoms. The second-order valence-electron chi connectivity index (χ2n) is 6.91. The quantitative estimate of drug-likeness (QED) is 0.903. The summed E-state index contributed by atoms with van der Waals surface area (Å²) in [6.45, 7) is 2.10. The van der Waals surface area contributed by atoms with E-state index in [1.54, 1.807) is 7.11 Å². The maximum Gasteiger partial charge on any atom is 0.122 e. The number of ether oxygens (including phenoxy) is 1. The number of rotatable bonds is 4. The highest BCUT2D eigenvalue weighted by Gasteiger charge is 2.41. The van der Waals surface area contributed by atoms with Gasteiger partial charge in [0.05, 0.1) is 12.7 Å². The van der Waals surface area contributed by atoms with E-state index in [9.17, 15) is 5.11 Å². The minimum atomic E-state index is -0.521. The summed E-state index contributed by atoms with van der Waals surface area (Å²) >= 11 is 0. The fraction of sp³-hybridized carbons (Fsp3) is 0.667. The fourth-order valence-corrected chi connectivity index (χ4v) is 3.92. The number of hydrogen-bond acceptors (Lipinski definition) is 2. The Hall–Kier alpha value is -1.02. The van der Waals surface area contributed by atoms with Gasteiger partial charge < -0.3 is 9.84 Å². The number of benzene rings is 1. The average molecular weight is 274 g/mol. The summed E-state index contributed by atoms with van der Waals surface area (Å²) in [5, 5.41) is 11.0. The Morgan fingerprint density at radius 3 is 2.75 bits per heavy atom. The fourth-order valence-electron chi connectivity index (χ4n) is 3.92. The Morgan fingerprint density at radius 1 is 1.25 bits per heavy atom. The summed E-state index contributed by atoms with van der Waals surface area (Å²) in [7, 11) is 1.71. The van der Waals surface area contributed by atoms with Gasteiger partial charge in [-0.1, -0.05) is 24.1 Å². The van der Waals surface area contributed by atoms with Crippen molar-refractivity contribution in [3.05, 3.63) is 29.3 Å². The molecule has 110 valence electrons. The first-order chi connectivity index (χ1) is 9.59. The summed E-state index contributed by atoms with van der Waals surface area (Å²) < 4.78 is 5.46. The molecule has 2 unspecified atom stereocenters. The zero-order valence-corrected chi connectivity index (χ0v) is 12.7. The van der Waals surface area contributed by atoms with Crippen LogP contribution in [0.4, 0.5) is 0 Å². The molecule has 2 heteroatoms. The van der Waals surface area contributed by atoms with E-state index in [0.29, 0.717) is 0 Å². The van der Waals surface area contributed by atoms with Gasteiger partial charge in [0.15, 0.2) is 0 Å². The lowest BCUT2D eigenvalue weighted by molar-refractivity contribution is -0.0199. The van der Waals surface area contributed by atoms with E-state index < -0.39 is 5.60 Å². The third-order valence-corrected chi connectivity index (χ3v) is 5.10. The van der Waals surface area contributed by atoms with Gasteiger partial charge in [-0.05, 0) is 62.5 Å². The van der Waals surface area contributed by atoms with Crippen LogP contribution < -0.4 is 4.74 Å². The van der Waals surface area contributed by atoms with Gasteiger partial charge in [-0.15, -0.1) is 0 Å². The zero-order chi connectivity index (χ0) is 14.2. The van der Waals surface area contributed by atoms with Crippen LogP contribution in [0, 0.1) is 18.8 Å². The van der Waals surface area contributed by atoms with Crippen molar-refractivity contribution in [3.63, 3.8) is 0 Å². The van der Waals surface area contributed by atoms with Crippen molar-refractivity contribution in [2.45, 2.75) is 57.5 Å². The molecule has 2 nitrogen and oxygen atoms in total. The van der Waals surface area contributed by atoms with Crippen LogP contribution >= 0.6 is 0 Å². The second-order valence-corrected chi connectivity index (χ2v) is 6.91. The Morgan fingerprint density at radius 2 is 2.05 bits per heavy atom. The Labute approximate surface area is 122 Å². The Balaban J connectivity index is 1.76. The van der Waals surface area contributed by atoms with Crippen LogP contribution in [0.15, 0.2) is 18.2 Å². The van der Waals surface area contributed by atoms with Crippen molar-refractivity contribution in [1.29, 1.82) is 0 Å². The first-order valence-corrected chi connectivity index (χ1v) is 7.95. The molecule has 3 rings (SSSR count). The lowest BCUT2D eigenvalue weighted by atomic mass is 9.73. The Kier molecular flexibility index (Phi) is 3.76. The summed E-state index contributed by atoms with van der Waals surface area (Å²) in [5.41, 5.74) is 1.87. The van der Waals surface area contributed by atoms with Gasteiger partial charge in [0.25, 0.3) is 0 Å². The van der Waals surface area contributed by atoms with E-state index in [4.69, 9.17) is 4.74 Å². The minimum Gasteiger partial charge on any atom is -0.496 e. The molecule has 2 fully saturated rings. The first-order valence-electron chi connectivity index (χ1n) is 7.95. The van der Waals surface area contributed by atoms with Gasteiger partial charge in [0.1, 0.15) is 5.75 Å². The Bertz CT molecular complexity index is 478. The molecule has 0 bridgehead atoms. The SMILES string of the molecule is COc1ccc(C)cc1CC1(O)CCCC(C2CC2)C1. The topological polar surface area (TPSA) is 29.5 Å². The van der Waals surface area contributed by atoms with Crippen LogP contribution in [-0.4, -0.2) is 17.8 Å². The molecule has 1 aromatic rings.